The number of aryl methyl sites for hydroxylation is 2. The summed E-state index contributed by atoms with van der Waals surface area (Å²) in [5.41, 5.74) is 1.65. The maximum atomic E-state index is 5.65. The van der Waals surface area contributed by atoms with Crippen LogP contribution < -0.4 is 0 Å². The van der Waals surface area contributed by atoms with Crippen LogP contribution in [0.1, 0.15) is 17.9 Å². The van der Waals surface area contributed by atoms with E-state index in [1.54, 1.807) is 12.5 Å². The molecule has 0 aliphatic carbocycles. The Morgan fingerprint density at radius 3 is 1.63 bits per heavy atom. The maximum Gasteiger partial charge on any atom is 0.276 e. The van der Waals surface area contributed by atoms with E-state index < -0.39 is 0 Å². The third kappa shape index (κ3) is 4.11. The Labute approximate surface area is 163 Å². The first-order valence-corrected chi connectivity index (χ1v) is 10.2. The van der Waals surface area contributed by atoms with Crippen LogP contribution in [-0.4, -0.2) is 31.9 Å². The van der Waals surface area contributed by atoms with E-state index in [2.05, 4.69) is 20.4 Å². The molecule has 0 saturated carbocycles. The van der Waals surface area contributed by atoms with Gasteiger partial charge in [-0.15, -0.1) is 20.4 Å². The first-order valence-electron chi connectivity index (χ1n) is 8.22. The second-order valence-corrected chi connectivity index (χ2v) is 7.67. The number of thioether (sulfide) groups is 2. The normalized spacial score (nSPS) is 11.3. The van der Waals surface area contributed by atoms with Gasteiger partial charge < -0.3 is 17.7 Å². The minimum atomic E-state index is 0.478. The van der Waals surface area contributed by atoms with E-state index >= 15 is 0 Å². The Morgan fingerprint density at radius 1 is 0.741 bits per heavy atom. The Bertz CT molecular complexity index is 939. The maximum absolute atomic E-state index is 5.65. The van der Waals surface area contributed by atoms with Gasteiger partial charge in [0.2, 0.25) is 0 Å². The van der Waals surface area contributed by atoms with Gasteiger partial charge >= 0.3 is 0 Å². The van der Waals surface area contributed by atoms with E-state index in [-0.39, 0.29) is 0 Å². The molecule has 4 aromatic heterocycles. The molecule has 0 fully saturated rings. The van der Waals surface area contributed by atoms with Gasteiger partial charge in [-0.05, 0) is 32.4 Å². The van der Waals surface area contributed by atoms with Crippen molar-refractivity contribution in [2.24, 2.45) is 0 Å². The molecule has 0 atom stereocenters. The topological polar surface area (TPSA) is 104 Å². The van der Waals surface area contributed by atoms with Crippen molar-refractivity contribution in [3.63, 3.8) is 0 Å². The largest absolute Gasteiger partial charge is 0.469 e. The number of hydrogen-bond acceptors (Lipinski definition) is 10. The minimum Gasteiger partial charge on any atom is -0.469 e. The quantitative estimate of drug-likeness (QED) is 0.298. The Balaban J connectivity index is 1.22. The summed E-state index contributed by atoms with van der Waals surface area (Å²) in [7, 11) is 0. The highest BCUT2D eigenvalue weighted by molar-refractivity contribution is 7.99. The number of furan rings is 2. The molecule has 4 heterocycles. The molecule has 0 saturated heterocycles. The van der Waals surface area contributed by atoms with Gasteiger partial charge in [0.1, 0.15) is 11.5 Å². The fourth-order valence-corrected chi connectivity index (χ4v) is 3.93. The molecule has 27 heavy (non-hydrogen) atoms. The molecule has 0 amide bonds. The molecule has 4 aromatic rings. The Kier molecular flexibility index (Phi) is 5.35. The smallest absolute Gasteiger partial charge is 0.276 e. The minimum absolute atomic E-state index is 0.478. The average molecular weight is 404 g/mol. The highest BCUT2D eigenvalue weighted by Gasteiger charge is 2.14. The molecule has 140 valence electrons. The summed E-state index contributed by atoms with van der Waals surface area (Å²) < 4.78 is 21.8. The molecule has 0 spiro atoms. The molecular weight excluding hydrogens is 388 g/mol. The summed E-state index contributed by atoms with van der Waals surface area (Å²) in [5.74, 6) is 4.17. The molecule has 0 bridgehead atoms. The van der Waals surface area contributed by atoms with Gasteiger partial charge in [-0.1, -0.05) is 23.5 Å². The highest BCUT2D eigenvalue weighted by atomic mass is 32.2. The lowest BCUT2D eigenvalue weighted by atomic mass is 10.3. The van der Waals surface area contributed by atoms with Gasteiger partial charge in [-0.25, -0.2) is 0 Å². The third-order valence-electron chi connectivity index (χ3n) is 3.73. The first kappa shape index (κ1) is 17.9. The van der Waals surface area contributed by atoms with Crippen LogP contribution in [0.3, 0.4) is 0 Å². The molecule has 0 unspecified atom stereocenters. The van der Waals surface area contributed by atoms with Gasteiger partial charge in [0.05, 0.1) is 23.7 Å². The summed E-state index contributed by atoms with van der Waals surface area (Å²) in [4.78, 5) is 0. The number of rotatable bonds is 8. The number of nitrogens with zero attached hydrogens (tertiary/aromatic N) is 4. The van der Waals surface area contributed by atoms with Crippen molar-refractivity contribution in [3.8, 4) is 22.9 Å². The van der Waals surface area contributed by atoms with Crippen molar-refractivity contribution in [2.75, 3.05) is 11.5 Å². The molecular formula is C17H16N4O4S2. The SMILES string of the molecule is Cc1occc1-c1nnc(SCCCSc2nnc(-c3ccoc3C)o2)o1. The Hall–Kier alpha value is -2.46. The van der Waals surface area contributed by atoms with Crippen LogP contribution in [0.4, 0.5) is 0 Å². The summed E-state index contributed by atoms with van der Waals surface area (Å²) in [5, 5.41) is 17.3. The third-order valence-corrected chi connectivity index (χ3v) is 5.54. The lowest BCUT2D eigenvalue weighted by molar-refractivity contribution is 0.463. The van der Waals surface area contributed by atoms with Crippen molar-refractivity contribution in [3.05, 3.63) is 36.2 Å². The lowest BCUT2D eigenvalue weighted by Gasteiger charge is -1.96. The van der Waals surface area contributed by atoms with E-state index in [0.29, 0.717) is 22.2 Å². The predicted octanol–water partition coefficient (Wildman–Crippen LogP) is 4.86. The van der Waals surface area contributed by atoms with Gasteiger partial charge in [0.25, 0.3) is 22.2 Å². The highest BCUT2D eigenvalue weighted by Crippen LogP contribution is 2.28. The standard InChI is InChI=1S/C17H16N4O4S2/c1-10-12(4-6-22-10)14-18-20-16(24-14)26-8-3-9-27-17-21-19-15(25-17)13-5-7-23-11(13)2/h4-7H,3,8-9H2,1-2H3. The van der Waals surface area contributed by atoms with Gasteiger partial charge in [0.15, 0.2) is 0 Å². The monoisotopic (exact) mass is 404 g/mol. The van der Waals surface area contributed by atoms with Gasteiger partial charge in [0, 0.05) is 11.5 Å². The zero-order valence-electron chi connectivity index (χ0n) is 14.7. The molecule has 8 nitrogen and oxygen atoms in total. The molecule has 0 radical (unpaired) electrons. The summed E-state index contributed by atoms with van der Waals surface area (Å²) in [6, 6.07) is 3.63. The van der Waals surface area contributed by atoms with E-state index in [0.717, 1.165) is 40.6 Å². The van der Waals surface area contributed by atoms with E-state index in [1.807, 2.05) is 26.0 Å². The molecule has 0 aliphatic rings. The number of hydrogen-bond donors (Lipinski definition) is 0. The van der Waals surface area contributed by atoms with Crippen LogP contribution in [0.25, 0.3) is 22.9 Å². The average Bonchev–Trinajstić information content (AvgIpc) is 3.42. The van der Waals surface area contributed by atoms with Crippen LogP contribution in [0.5, 0.6) is 0 Å². The zero-order chi connectivity index (χ0) is 18.6. The van der Waals surface area contributed by atoms with Gasteiger partial charge in [-0.2, -0.15) is 0 Å². The first-order chi connectivity index (χ1) is 13.2. The second kappa shape index (κ2) is 8.05. The Morgan fingerprint density at radius 2 is 1.22 bits per heavy atom. The van der Waals surface area contributed by atoms with Crippen molar-refractivity contribution in [1.29, 1.82) is 0 Å². The van der Waals surface area contributed by atoms with Crippen LogP contribution in [0.2, 0.25) is 0 Å². The van der Waals surface area contributed by atoms with Crippen LogP contribution in [0.15, 0.2) is 52.8 Å². The van der Waals surface area contributed by atoms with Crippen molar-refractivity contribution >= 4 is 23.5 Å². The fourth-order valence-electron chi connectivity index (χ4n) is 2.35. The van der Waals surface area contributed by atoms with E-state index in [1.165, 1.54) is 23.5 Å². The fraction of sp³-hybridized carbons (Fsp3) is 0.294. The van der Waals surface area contributed by atoms with Crippen molar-refractivity contribution < 1.29 is 17.7 Å². The predicted molar refractivity (Wildman–Crippen MR) is 99.5 cm³/mol. The lowest BCUT2D eigenvalue weighted by Crippen LogP contribution is -1.84. The van der Waals surface area contributed by atoms with E-state index in [9.17, 15) is 0 Å². The second-order valence-electron chi connectivity index (χ2n) is 5.58. The zero-order valence-corrected chi connectivity index (χ0v) is 16.3. The molecule has 0 aromatic carbocycles. The number of aromatic nitrogens is 4. The van der Waals surface area contributed by atoms with Crippen molar-refractivity contribution in [2.45, 2.75) is 30.7 Å². The van der Waals surface area contributed by atoms with E-state index in [4.69, 9.17) is 17.7 Å². The molecule has 10 heteroatoms. The van der Waals surface area contributed by atoms with Gasteiger partial charge in [-0.3, -0.25) is 0 Å². The van der Waals surface area contributed by atoms with Crippen LogP contribution in [-0.2, 0) is 0 Å². The van der Waals surface area contributed by atoms with Crippen molar-refractivity contribution in [1.82, 2.24) is 20.4 Å². The van der Waals surface area contributed by atoms with Crippen LogP contribution in [0, 0.1) is 13.8 Å². The summed E-state index contributed by atoms with van der Waals surface area (Å²) in [6.07, 6.45) is 4.14. The molecule has 0 N–H and O–H groups in total. The summed E-state index contributed by atoms with van der Waals surface area (Å²) in [6.45, 7) is 3.72. The summed E-state index contributed by atoms with van der Waals surface area (Å²) >= 11 is 3.04. The molecule has 4 rings (SSSR count). The van der Waals surface area contributed by atoms with Crippen LogP contribution >= 0.6 is 23.5 Å². The molecule has 0 aliphatic heterocycles.